The van der Waals surface area contributed by atoms with Crippen molar-refractivity contribution < 1.29 is 14.3 Å². The summed E-state index contributed by atoms with van der Waals surface area (Å²) >= 11 is 0. The zero-order valence-electron chi connectivity index (χ0n) is 16.8. The fourth-order valence-corrected chi connectivity index (χ4v) is 3.16. The van der Waals surface area contributed by atoms with E-state index in [2.05, 4.69) is 15.6 Å². The van der Waals surface area contributed by atoms with Crippen LogP contribution >= 0.6 is 0 Å². The minimum absolute atomic E-state index is 0.144. The minimum atomic E-state index is -0.294. The second-order valence-corrected chi connectivity index (χ2v) is 6.82. The number of pyridine rings is 1. The quantitative estimate of drug-likeness (QED) is 0.426. The smallest absolute Gasteiger partial charge is 0.256 e. The Balaban J connectivity index is 1.53. The minimum Gasteiger partial charge on any atom is -0.457 e. The molecule has 4 rings (SSSR count). The predicted octanol–water partition coefficient (Wildman–Crippen LogP) is 4.22. The Hall–Kier alpha value is -4.39. The molecule has 0 radical (unpaired) electrons. The molecule has 31 heavy (non-hydrogen) atoms. The van der Waals surface area contributed by atoms with E-state index in [1.807, 2.05) is 24.3 Å². The van der Waals surface area contributed by atoms with E-state index >= 15 is 0 Å². The number of nitrogens with zero attached hydrogens (tertiary/aromatic N) is 1. The number of rotatable bonds is 5. The van der Waals surface area contributed by atoms with E-state index < -0.39 is 0 Å². The second-order valence-electron chi connectivity index (χ2n) is 6.82. The van der Waals surface area contributed by atoms with Crippen LogP contribution in [0.2, 0.25) is 0 Å². The van der Waals surface area contributed by atoms with E-state index in [-0.39, 0.29) is 11.8 Å². The third-order valence-corrected chi connectivity index (χ3v) is 4.71. The first-order valence-electron chi connectivity index (χ1n) is 9.59. The van der Waals surface area contributed by atoms with Crippen LogP contribution in [0.5, 0.6) is 11.5 Å². The Morgan fingerprint density at radius 1 is 0.903 bits per heavy atom. The lowest BCUT2D eigenvalue weighted by atomic mass is 10.0. The summed E-state index contributed by atoms with van der Waals surface area (Å²) in [6, 6.07) is 21.0. The largest absolute Gasteiger partial charge is 0.457 e. The van der Waals surface area contributed by atoms with Gasteiger partial charge in [0.2, 0.25) is 0 Å². The Labute approximate surface area is 178 Å². The molecule has 7 nitrogen and oxygen atoms in total. The molecule has 0 bridgehead atoms. The van der Waals surface area contributed by atoms with E-state index in [0.717, 1.165) is 10.8 Å². The summed E-state index contributed by atoms with van der Waals surface area (Å²) in [5.41, 5.74) is 7.32. The number of amides is 2. The van der Waals surface area contributed by atoms with Crippen molar-refractivity contribution in [3.8, 4) is 11.5 Å². The first-order chi connectivity index (χ1) is 15.0. The van der Waals surface area contributed by atoms with Crippen LogP contribution in [0.15, 0.2) is 79.0 Å². The van der Waals surface area contributed by atoms with Crippen molar-refractivity contribution >= 4 is 34.1 Å². The summed E-state index contributed by atoms with van der Waals surface area (Å²) in [7, 11) is 1.60. The number of hydrogen-bond acceptors (Lipinski definition) is 5. The number of carbonyl (C=O) groups is 2. The highest BCUT2D eigenvalue weighted by Gasteiger charge is 2.10. The Kier molecular flexibility index (Phi) is 5.49. The van der Waals surface area contributed by atoms with Gasteiger partial charge in [0.15, 0.2) is 0 Å². The fraction of sp³-hybridized carbons (Fsp3) is 0.0417. The SMILES string of the molecule is CNC(=O)c1cccc2cc(Oc3ccnc(NC(=O)c4ccc(N)cc4)c3)ccc12. The molecule has 4 aromatic rings. The van der Waals surface area contributed by atoms with Gasteiger partial charge >= 0.3 is 0 Å². The van der Waals surface area contributed by atoms with Crippen molar-refractivity contribution in [3.05, 3.63) is 90.1 Å². The molecular weight excluding hydrogens is 392 g/mol. The average Bonchev–Trinajstić information content (AvgIpc) is 2.78. The molecule has 154 valence electrons. The van der Waals surface area contributed by atoms with E-state index in [9.17, 15) is 9.59 Å². The van der Waals surface area contributed by atoms with Crippen LogP contribution < -0.4 is 21.1 Å². The van der Waals surface area contributed by atoms with Crippen molar-refractivity contribution in [3.63, 3.8) is 0 Å². The van der Waals surface area contributed by atoms with Gasteiger partial charge in [0.1, 0.15) is 17.3 Å². The number of carbonyl (C=O) groups excluding carboxylic acids is 2. The lowest BCUT2D eigenvalue weighted by Gasteiger charge is -2.10. The van der Waals surface area contributed by atoms with Crippen LogP contribution in [0.4, 0.5) is 11.5 Å². The Morgan fingerprint density at radius 2 is 1.68 bits per heavy atom. The monoisotopic (exact) mass is 412 g/mol. The summed E-state index contributed by atoms with van der Waals surface area (Å²) in [4.78, 5) is 28.6. The molecule has 0 atom stereocenters. The van der Waals surface area contributed by atoms with Crippen LogP contribution in [0.25, 0.3) is 10.8 Å². The van der Waals surface area contributed by atoms with E-state index in [0.29, 0.717) is 34.1 Å². The van der Waals surface area contributed by atoms with Crippen molar-refractivity contribution in [1.82, 2.24) is 10.3 Å². The standard InChI is InChI=1S/C24H20N4O3/c1-26-24(30)21-4-2-3-16-13-18(9-10-20(16)21)31-19-11-12-27-22(14-19)28-23(29)15-5-7-17(25)8-6-15/h2-14H,25H2,1H3,(H,26,30)(H,27,28,29). The van der Waals surface area contributed by atoms with Gasteiger partial charge in [-0.15, -0.1) is 0 Å². The fourth-order valence-electron chi connectivity index (χ4n) is 3.16. The molecule has 0 aliphatic heterocycles. The van der Waals surface area contributed by atoms with Crippen molar-refractivity contribution in [2.45, 2.75) is 0 Å². The summed E-state index contributed by atoms with van der Waals surface area (Å²) in [6.07, 6.45) is 1.55. The molecule has 0 unspecified atom stereocenters. The Bertz CT molecular complexity index is 1270. The third kappa shape index (κ3) is 4.45. The molecule has 0 saturated carbocycles. The van der Waals surface area contributed by atoms with Gasteiger partial charge < -0.3 is 21.1 Å². The highest BCUT2D eigenvalue weighted by Crippen LogP contribution is 2.28. The van der Waals surface area contributed by atoms with Gasteiger partial charge in [0, 0.05) is 36.1 Å². The third-order valence-electron chi connectivity index (χ3n) is 4.71. The number of anilines is 2. The first kappa shape index (κ1) is 19.9. The molecule has 7 heteroatoms. The van der Waals surface area contributed by atoms with Crippen molar-refractivity contribution in [2.24, 2.45) is 0 Å². The number of ether oxygens (including phenoxy) is 1. The van der Waals surface area contributed by atoms with Gasteiger partial charge in [0.25, 0.3) is 11.8 Å². The predicted molar refractivity (Wildman–Crippen MR) is 120 cm³/mol. The van der Waals surface area contributed by atoms with E-state index in [1.54, 1.807) is 61.8 Å². The zero-order valence-corrected chi connectivity index (χ0v) is 16.8. The maximum absolute atomic E-state index is 12.4. The van der Waals surface area contributed by atoms with Crippen molar-refractivity contribution in [1.29, 1.82) is 0 Å². The lowest BCUT2D eigenvalue weighted by molar-refractivity contribution is 0.0963. The van der Waals surface area contributed by atoms with Gasteiger partial charge in [-0.2, -0.15) is 0 Å². The van der Waals surface area contributed by atoms with Crippen LogP contribution in [0, 0.1) is 0 Å². The van der Waals surface area contributed by atoms with Crippen LogP contribution in [0.3, 0.4) is 0 Å². The zero-order chi connectivity index (χ0) is 21.8. The Morgan fingerprint density at radius 3 is 2.45 bits per heavy atom. The molecule has 0 aliphatic rings. The van der Waals surface area contributed by atoms with Crippen LogP contribution in [-0.2, 0) is 0 Å². The molecule has 4 N–H and O–H groups in total. The van der Waals surface area contributed by atoms with Gasteiger partial charge in [-0.1, -0.05) is 12.1 Å². The highest BCUT2D eigenvalue weighted by molar-refractivity contribution is 6.07. The normalized spacial score (nSPS) is 10.5. The van der Waals surface area contributed by atoms with Gasteiger partial charge in [0.05, 0.1) is 0 Å². The van der Waals surface area contributed by atoms with Crippen LogP contribution in [0.1, 0.15) is 20.7 Å². The molecular formula is C24H20N4O3. The summed E-state index contributed by atoms with van der Waals surface area (Å²) < 4.78 is 5.95. The maximum Gasteiger partial charge on any atom is 0.256 e. The molecule has 1 aromatic heterocycles. The first-order valence-corrected chi connectivity index (χ1v) is 9.59. The number of nitrogens with two attached hydrogens (primary N) is 1. The van der Waals surface area contributed by atoms with Crippen LogP contribution in [-0.4, -0.2) is 23.8 Å². The molecule has 0 fully saturated rings. The topological polar surface area (TPSA) is 106 Å². The van der Waals surface area contributed by atoms with Gasteiger partial charge in [-0.05, 0) is 65.4 Å². The maximum atomic E-state index is 12.4. The molecule has 0 aliphatic carbocycles. The number of benzene rings is 3. The molecule has 1 heterocycles. The lowest BCUT2D eigenvalue weighted by Crippen LogP contribution is -2.17. The van der Waals surface area contributed by atoms with Gasteiger partial charge in [-0.25, -0.2) is 4.98 Å². The highest BCUT2D eigenvalue weighted by atomic mass is 16.5. The molecule has 0 spiro atoms. The number of nitrogens with one attached hydrogen (secondary N) is 2. The average molecular weight is 412 g/mol. The molecule has 2 amide bonds. The summed E-state index contributed by atoms with van der Waals surface area (Å²) in [6.45, 7) is 0. The number of aromatic nitrogens is 1. The number of nitrogen functional groups attached to an aromatic ring is 1. The van der Waals surface area contributed by atoms with E-state index in [1.165, 1.54) is 0 Å². The second kappa shape index (κ2) is 8.54. The van der Waals surface area contributed by atoms with Gasteiger partial charge in [-0.3, -0.25) is 9.59 Å². The molecule has 3 aromatic carbocycles. The summed E-state index contributed by atoms with van der Waals surface area (Å²) in [5, 5.41) is 7.10. The number of hydrogen-bond donors (Lipinski definition) is 3. The number of fused-ring (bicyclic) bond motifs is 1. The molecule has 0 saturated heterocycles. The van der Waals surface area contributed by atoms with E-state index in [4.69, 9.17) is 10.5 Å². The summed E-state index contributed by atoms with van der Waals surface area (Å²) in [5.74, 6) is 1.04. The van der Waals surface area contributed by atoms with Crippen molar-refractivity contribution in [2.75, 3.05) is 18.1 Å².